The molecule has 0 spiro atoms. The van der Waals surface area contributed by atoms with Crippen molar-refractivity contribution in [1.82, 2.24) is 0 Å². The maximum atomic E-state index is 9.37. The van der Waals surface area contributed by atoms with E-state index in [9.17, 15) is 5.26 Å². The summed E-state index contributed by atoms with van der Waals surface area (Å²) in [6, 6.07) is 15.2. The van der Waals surface area contributed by atoms with Crippen molar-refractivity contribution >= 4 is 43.5 Å². The summed E-state index contributed by atoms with van der Waals surface area (Å²) >= 11 is 7.01. The van der Waals surface area contributed by atoms with Gasteiger partial charge in [-0.25, -0.2) is 0 Å². The Hall–Kier alpha value is -1.88. The van der Waals surface area contributed by atoms with E-state index in [-0.39, 0.29) is 0 Å². The van der Waals surface area contributed by atoms with Crippen molar-refractivity contribution in [3.05, 3.63) is 67.6 Å². The van der Waals surface area contributed by atoms with Gasteiger partial charge in [0.05, 0.1) is 23.3 Å². The van der Waals surface area contributed by atoms with Crippen LogP contribution >= 0.6 is 31.9 Å². The van der Waals surface area contributed by atoms with Crippen molar-refractivity contribution in [2.24, 2.45) is 0 Å². The van der Waals surface area contributed by atoms with Crippen LogP contribution in [0.2, 0.25) is 0 Å². The van der Waals surface area contributed by atoms with E-state index in [1.807, 2.05) is 31.2 Å². The van der Waals surface area contributed by atoms with Crippen LogP contribution < -0.4 is 0 Å². The Balaban J connectivity index is 2.51. The minimum absolute atomic E-state index is 0.523. The summed E-state index contributed by atoms with van der Waals surface area (Å²) in [6.45, 7) is 2.00. The molecule has 2 rings (SSSR count). The zero-order chi connectivity index (χ0) is 15.4. The van der Waals surface area contributed by atoms with Gasteiger partial charge in [0.2, 0.25) is 0 Å². The van der Waals surface area contributed by atoms with E-state index >= 15 is 0 Å². The number of rotatable bonds is 2. The quantitative estimate of drug-likeness (QED) is 0.495. The van der Waals surface area contributed by atoms with E-state index in [4.69, 9.17) is 5.26 Å². The van der Waals surface area contributed by atoms with Gasteiger partial charge in [0.25, 0.3) is 0 Å². The van der Waals surface area contributed by atoms with Crippen LogP contribution in [-0.4, -0.2) is 0 Å². The van der Waals surface area contributed by atoms with Gasteiger partial charge in [-0.1, -0.05) is 44.0 Å². The molecular formula is C17H10Br2N2. The molecule has 0 saturated heterocycles. The van der Waals surface area contributed by atoms with Crippen LogP contribution in [0.4, 0.5) is 0 Å². The number of halogens is 2. The molecule has 21 heavy (non-hydrogen) atoms. The van der Waals surface area contributed by atoms with Crippen molar-refractivity contribution in [1.29, 1.82) is 10.5 Å². The first-order valence-electron chi connectivity index (χ1n) is 6.13. The van der Waals surface area contributed by atoms with Crippen LogP contribution in [0.1, 0.15) is 22.3 Å². The molecule has 0 bridgehead atoms. The van der Waals surface area contributed by atoms with Crippen molar-refractivity contribution in [3.8, 4) is 12.1 Å². The topological polar surface area (TPSA) is 47.6 Å². The lowest BCUT2D eigenvalue weighted by molar-refractivity contribution is 1.38. The summed E-state index contributed by atoms with van der Waals surface area (Å²) < 4.78 is 1.96. The summed E-state index contributed by atoms with van der Waals surface area (Å²) in [5.74, 6) is 0. The van der Waals surface area contributed by atoms with Gasteiger partial charge >= 0.3 is 0 Å². The second-order valence-electron chi connectivity index (χ2n) is 4.47. The Labute approximate surface area is 140 Å². The second kappa shape index (κ2) is 6.72. The summed E-state index contributed by atoms with van der Waals surface area (Å²) in [5, 5.41) is 18.3. The predicted octanol–water partition coefficient (Wildman–Crippen LogP) is 5.46. The van der Waals surface area contributed by atoms with Crippen molar-refractivity contribution in [2.75, 3.05) is 0 Å². The zero-order valence-corrected chi connectivity index (χ0v) is 14.4. The van der Waals surface area contributed by atoms with Gasteiger partial charge in [0, 0.05) is 8.95 Å². The average molecular weight is 402 g/mol. The molecule has 0 aliphatic rings. The van der Waals surface area contributed by atoms with Crippen molar-refractivity contribution in [2.45, 2.75) is 6.92 Å². The highest BCUT2D eigenvalue weighted by Crippen LogP contribution is 2.28. The van der Waals surface area contributed by atoms with Gasteiger partial charge in [0.1, 0.15) is 0 Å². The third-order valence-electron chi connectivity index (χ3n) is 3.04. The van der Waals surface area contributed by atoms with E-state index in [1.54, 1.807) is 18.2 Å². The average Bonchev–Trinajstić information content (AvgIpc) is 2.50. The van der Waals surface area contributed by atoms with E-state index in [0.717, 1.165) is 25.6 Å². The SMILES string of the molecule is Cc1c(Br)cc(/C=C(/C#N)c2cccc(C#N)c2)cc1Br. The number of allylic oxidation sites excluding steroid dienone is 1. The van der Waals surface area contributed by atoms with Crippen molar-refractivity contribution < 1.29 is 0 Å². The lowest BCUT2D eigenvalue weighted by Crippen LogP contribution is -1.86. The van der Waals surface area contributed by atoms with Gasteiger partial charge in [-0.15, -0.1) is 0 Å². The molecule has 0 unspecified atom stereocenters. The third-order valence-corrected chi connectivity index (χ3v) is 4.68. The smallest absolute Gasteiger partial charge is 0.0998 e. The molecule has 0 aliphatic heterocycles. The van der Waals surface area contributed by atoms with Gasteiger partial charge in [-0.3, -0.25) is 0 Å². The Morgan fingerprint density at radius 2 is 1.76 bits per heavy atom. The maximum absolute atomic E-state index is 9.37. The lowest BCUT2D eigenvalue weighted by atomic mass is 10.0. The minimum Gasteiger partial charge on any atom is -0.192 e. The first-order valence-corrected chi connectivity index (χ1v) is 7.71. The molecule has 0 saturated carbocycles. The molecule has 0 amide bonds. The monoisotopic (exact) mass is 400 g/mol. The maximum Gasteiger partial charge on any atom is 0.0998 e. The molecule has 0 fully saturated rings. The van der Waals surface area contributed by atoms with Gasteiger partial charge < -0.3 is 0 Å². The van der Waals surface area contributed by atoms with Gasteiger partial charge in [-0.2, -0.15) is 10.5 Å². The summed E-state index contributed by atoms with van der Waals surface area (Å²) in [7, 11) is 0. The fourth-order valence-corrected chi connectivity index (χ4v) is 3.07. The normalized spacial score (nSPS) is 10.8. The standard InChI is InChI=1S/C17H10Br2N2/c1-11-16(18)7-13(8-17(11)19)6-15(10-21)14-4-2-3-12(5-14)9-20/h2-8H,1H3/b15-6-. The number of nitrogens with zero attached hydrogens (tertiary/aromatic N) is 2. The Morgan fingerprint density at radius 3 is 2.33 bits per heavy atom. The molecule has 0 aromatic heterocycles. The number of hydrogen-bond donors (Lipinski definition) is 0. The van der Waals surface area contributed by atoms with E-state index in [2.05, 4.69) is 44.0 Å². The summed E-state index contributed by atoms with van der Waals surface area (Å²) in [4.78, 5) is 0. The zero-order valence-electron chi connectivity index (χ0n) is 11.2. The van der Waals surface area contributed by atoms with Crippen molar-refractivity contribution in [3.63, 3.8) is 0 Å². The fraction of sp³-hybridized carbons (Fsp3) is 0.0588. The van der Waals surface area contributed by atoms with Gasteiger partial charge in [-0.05, 0) is 54.0 Å². The fourth-order valence-electron chi connectivity index (χ4n) is 1.85. The van der Waals surface area contributed by atoms with Crippen LogP contribution in [0.25, 0.3) is 11.6 Å². The highest BCUT2D eigenvalue weighted by Gasteiger charge is 2.05. The van der Waals surface area contributed by atoms with E-state index < -0.39 is 0 Å². The highest BCUT2D eigenvalue weighted by molar-refractivity contribution is 9.11. The molecular weight excluding hydrogens is 392 g/mol. The highest BCUT2D eigenvalue weighted by atomic mass is 79.9. The first kappa shape index (κ1) is 15.5. The summed E-state index contributed by atoms with van der Waals surface area (Å²) in [6.07, 6.45) is 1.81. The van der Waals surface area contributed by atoms with E-state index in [0.29, 0.717) is 11.1 Å². The van der Waals surface area contributed by atoms with Crippen LogP contribution in [0.15, 0.2) is 45.3 Å². The van der Waals surface area contributed by atoms with E-state index in [1.165, 1.54) is 0 Å². The third kappa shape index (κ3) is 3.61. The molecule has 2 aromatic rings. The number of nitriles is 2. The molecule has 4 heteroatoms. The minimum atomic E-state index is 0.523. The Morgan fingerprint density at radius 1 is 1.10 bits per heavy atom. The predicted molar refractivity (Wildman–Crippen MR) is 91.2 cm³/mol. The van der Waals surface area contributed by atoms with Crippen LogP contribution in [0.5, 0.6) is 0 Å². The molecule has 102 valence electrons. The molecule has 0 atom stereocenters. The Kier molecular flexibility index (Phi) is 4.96. The van der Waals surface area contributed by atoms with Gasteiger partial charge in [0.15, 0.2) is 0 Å². The molecule has 0 N–H and O–H groups in total. The Bertz CT molecular complexity index is 785. The molecule has 0 aliphatic carbocycles. The van der Waals surface area contributed by atoms with Crippen LogP contribution in [0.3, 0.4) is 0 Å². The summed E-state index contributed by atoms with van der Waals surface area (Å²) in [5.41, 5.74) is 3.83. The lowest BCUT2D eigenvalue weighted by Gasteiger charge is -2.05. The molecule has 0 heterocycles. The molecule has 2 nitrogen and oxygen atoms in total. The second-order valence-corrected chi connectivity index (χ2v) is 6.18. The van der Waals surface area contributed by atoms with Crippen LogP contribution in [-0.2, 0) is 0 Å². The largest absolute Gasteiger partial charge is 0.192 e. The molecule has 2 aromatic carbocycles. The first-order chi connectivity index (χ1) is 10.0. The number of hydrogen-bond acceptors (Lipinski definition) is 2. The number of benzene rings is 2. The van der Waals surface area contributed by atoms with Crippen LogP contribution in [0, 0.1) is 29.6 Å². The molecule has 0 radical (unpaired) electrons.